The van der Waals surface area contributed by atoms with Gasteiger partial charge < -0.3 is 9.73 Å². The van der Waals surface area contributed by atoms with E-state index in [4.69, 9.17) is 4.42 Å². The first-order chi connectivity index (χ1) is 13.0. The van der Waals surface area contributed by atoms with E-state index >= 15 is 0 Å². The maximum absolute atomic E-state index is 13.0. The van der Waals surface area contributed by atoms with E-state index in [-0.39, 0.29) is 11.7 Å². The SMILES string of the molecule is C/C(=N/NC(=O)c1ccco1)c1cccc(NC(=O)c2ccc(F)cc2)c1. The monoisotopic (exact) mass is 365 g/mol. The Hall–Kier alpha value is -3.74. The molecule has 27 heavy (non-hydrogen) atoms. The van der Waals surface area contributed by atoms with Crippen molar-refractivity contribution in [3.05, 3.63) is 89.6 Å². The molecule has 0 saturated heterocycles. The van der Waals surface area contributed by atoms with E-state index in [1.807, 2.05) is 0 Å². The third-order valence-corrected chi connectivity index (χ3v) is 3.71. The number of amides is 2. The van der Waals surface area contributed by atoms with Crippen molar-refractivity contribution < 1.29 is 18.4 Å². The maximum Gasteiger partial charge on any atom is 0.307 e. The quantitative estimate of drug-likeness (QED) is 0.532. The lowest BCUT2D eigenvalue weighted by molar-refractivity contribution is 0.0926. The van der Waals surface area contributed by atoms with Crippen LogP contribution in [0, 0.1) is 5.82 Å². The summed E-state index contributed by atoms with van der Waals surface area (Å²) in [5.74, 6) is -1.06. The zero-order valence-corrected chi connectivity index (χ0v) is 14.4. The molecule has 0 aliphatic rings. The van der Waals surface area contributed by atoms with Gasteiger partial charge in [0.2, 0.25) is 0 Å². The lowest BCUT2D eigenvalue weighted by atomic mass is 10.1. The minimum absolute atomic E-state index is 0.159. The molecule has 1 aromatic heterocycles. The van der Waals surface area contributed by atoms with Gasteiger partial charge in [0.15, 0.2) is 5.76 Å². The third kappa shape index (κ3) is 4.66. The molecule has 0 radical (unpaired) electrons. The van der Waals surface area contributed by atoms with Crippen LogP contribution >= 0.6 is 0 Å². The second kappa shape index (κ2) is 8.09. The predicted octanol–water partition coefficient (Wildman–Crippen LogP) is 3.83. The van der Waals surface area contributed by atoms with Crippen LogP contribution in [0.3, 0.4) is 0 Å². The molecular formula is C20H16FN3O3. The van der Waals surface area contributed by atoms with Crippen LogP contribution < -0.4 is 10.7 Å². The van der Waals surface area contributed by atoms with E-state index in [0.29, 0.717) is 22.5 Å². The lowest BCUT2D eigenvalue weighted by Crippen LogP contribution is -2.18. The highest BCUT2D eigenvalue weighted by molar-refractivity contribution is 6.05. The molecule has 0 spiro atoms. The average Bonchev–Trinajstić information content (AvgIpc) is 3.21. The summed E-state index contributed by atoms with van der Waals surface area (Å²) in [5, 5.41) is 6.78. The van der Waals surface area contributed by atoms with Crippen LogP contribution in [-0.2, 0) is 0 Å². The van der Waals surface area contributed by atoms with E-state index < -0.39 is 11.7 Å². The number of rotatable bonds is 5. The Morgan fingerprint density at radius 1 is 0.963 bits per heavy atom. The zero-order chi connectivity index (χ0) is 19.2. The van der Waals surface area contributed by atoms with Gasteiger partial charge in [0, 0.05) is 11.3 Å². The number of carbonyl (C=O) groups is 2. The molecule has 2 amide bonds. The minimum Gasteiger partial charge on any atom is -0.459 e. The molecule has 0 fully saturated rings. The minimum atomic E-state index is -0.458. The summed E-state index contributed by atoms with van der Waals surface area (Å²) < 4.78 is 18.0. The smallest absolute Gasteiger partial charge is 0.307 e. The molecule has 2 N–H and O–H groups in total. The van der Waals surface area contributed by atoms with Crippen LogP contribution in [0.5, 0.6) is 0 Å². The normalized spacial score (nSPS) is 11.1. The standard InChI is InChI=1S/C20H16FN3O3/c1-13(23-24-20(26)18-6-3-11-27-18)15-4-2-5-17(12-15)22-19(25)14-7-9-16(21)10-8-14/h2-12H,1H3,(H,22,25)(H,24,26)/b23-13-. The molecule has 3 aromatic rings. The number of hydrazone groups is 1. The van der Waals surface area contributed by atoms with Gasteiger partial charge in [-0.1, -0.05) is 12.1 Å². The summed E-state index contributed by atoms with van der Waals surface area (Å²) >= 11 is 0. The Morgan fingerprint density at radius 2 is 1.74 bits per heavy atom. The highest BCUT2D eigenvalue weighted by Gasteiger charge is 2.09. The van der Waals surface area contributed by atoms with Crippen molar-refractivity contribution in [1.82, 2.24) is 5.43 Å². The Morgan fingerprint density at radius 3 is 2.44 bits per heavy atom. The van der Waals surface area contributed by atoms with Crippen molar-refractivity contribution in [1.29, 1.82) is 0 Å². The van der Waals surface area contributed by atoms with Gasteiger partial charge in [-0.15, -0.1) is 0 Å². The Bertz CT molecular complexity index is 980. The second-order valence-corrected chi connectivity index (χ2v) is 5.66. The summed E-state index contributed by atoms with van der Waals surface area (Å²) in [4.78, 5) is 24.1. The summed E-state index contributed by atoms with van der Waals surface area (Å²) in [6.45, 7) is 1.73. The summed E-state index contributed by atoms with van der Waals surface area (Å²) in [6, 6.07) is 15.4. The van der Waals surface area contributed by atoms with Gasteiger partial charge in [0.05, 0.1) is 12.0 Å². The molecule has 2 aromatic carbocycles. The zero-order valence-electron chi connectivity index (χ0n) is 14.4. The molecule has 6 nitrogen and oxygen atoms in total. The molecular weight excluding hydrogens is 349 g/mol. The number of benzene rings is 2. The Kier molecular flexibility index (Phi) is 5.41. The molecule has 3 rings (SSSR count). The molecule has 1 heterocycles. The van der Waals surface area contributed by atoms with Crippen LogP contribution in [0.4, 0.5) is 10.1 Å². The Labute approximate surface area is 154 Å². The first-order valence-corrected chi connectivity index (χ1v) is 8.08. The van der Waals surface area contributed by atoms with Crippen molar-refractivity contribution in [3.63, 3.8) is 0 Å². The van der Waals surface area contributed by atoms with E-state index in [2.05, 4.69) is 15.8 Å². The van der Waals surface area contributed by atoms with Gasteiger partial charge in [-0.25, -0.2) is 9.82 Å². The summed E-state index contributed by atoms with van der Waals surface area (Å²) in [6.07, 6.45) is 1.40. The van der Waals surface area contributed by atoms with Gasteiger partial charge >= 0.3 is 5.91 Å². The van der Waals surface area contributed by atoms with Gasteiger partial charge in [-0.3, -0.25) is 9.59 Å². The fraction of sp³-hybridized carbons (Fsp3) is 0.0500. The number of nitrogens with zero attached hydrogens (tertiary/aromatic N) is 1. The van der Waals surface area contributed by atoms with E-state index in [1.54, 1.807) is 37.3 Å². The number of furan rings is 1. The van der Waals surface area contributed by atoms with Crippen LogP contribution in [0.25, 0.3) is 0 Å². The first kappa shape index (κ1) is 18.1. The highest BCUT2D eigenvalue weighted by Crippen LogP contribution is 2.14. The van der Waals surface area contributed by atoms with Crippen molar-refractivity contribution in [3.8, 4) is 0 Å². The van der Waals surface area contributed by atoms with E-state index in [1.165, 1.54) is 36.6 Å². The molecule has 0 bridgehead atoms. The van der Waals surface area contributed by atoms with Crippen LogP contribution in [0.1, 0.15) is 33.4 Å². The fourth-order valence-corrected chi connectivity index (χ4v) is 2.29. The van der Waals surface area contributed by atoms with Crippen molar-refractivity contribution in [2.75, 3.05) is 5.32 Å². The molecule has 136 valence electrons. The molecule has 7 heteroatoms. The first-order valence-electron chi connectivity index (χ1n) is 8.08. The van der Waals surface area contributed by atoms with Crippen molar-refractivity contribution in [2.24, 2.45) is 5.10 Å². The molecule has 0 aliphatic carbocycles. The second-order valence-electron chi connectivity index (χ2n) is 5.66. The highest BCUT2D eigenvalue weighted by atomic mass is 19.1. The number of hydrogen-bond acceptors (Lipinski definition) is 4. The summed E-state index contributed by atoms with van der Waals surface area (Å²) in [5.41, 5.74) is 4.57. The number of nitrogens with one attached hydrogen (secondary N) is 2. The fourth-order valence-electron chi connectivity index (χ4n) is 2.29. The van der Waals surface area contributed by atoms with Crippen molar-refractivity contribution >= 4 is 23.2 Å². The maximum atomic E-state index is 13.0. The molecule has 0 saturated carbocycles. The molecule has 0 atom stereocenters. The summed E-state index contributed by atoms with van der Waals surface area (Å²) in [7, 11) is 0. The largest absolute Gasteiger partial charge is 0.459 e. The number of hydrogen-bond donors (Lipinski definition) is 2. The Balaban J connectivity index is 1.69. The van der Waals surface area contributed by atoms with Crippen LogP contribution in [-0.4, -0.2) is 17.5 Å². The van der Waals surface area contributed by atoms with Crippen molar-refractivity contribution in [2.45, 2.75) is 6.92 Å². The van der Waals surface area contributed by atoms with Crippen LogP contribution in [0.2, 0.25) is 0 Å². The number of carbonyl (C=O) groups excluding carboxylic acids is 2. The number of anilines is 1. The molecule has 0 aliphatic heterocycles. The average molecular weight is 365 g/mol. The van der Waals surface area contributed by atoms with Gasteiger partial charge in [0.1, 0.15) is 5.82 Å². The molecule has 0 unspecified atom stereocenters. The van der Waals surface area contributed by atoms with Crippen LogP contribution in [0.15, 0.2) is 76.4 Å². The predicted molar refractivity (Wildman–Crippen MR) is 99.2 cm³/mol. The van der Waals surface area contributed by atoms with Gasteiger partial charge in [-0.2, -0.15) is 5.10 Å². The topological polar surface area (TPSA) is 83.7 Å². The van der Waals surface area contributed by atoms with Gasteiger partial charge in [0.25, 0.3) is 5.91 Å². The lowest BCUT2D eigenvalue weighted by Gasteiger charge is -2.08. The van der Waals surface area contributed by atoms with Gasteiger partial charge in [-0.05, 0) is 61.0 Å². The van der Waals surface area contributed by atoms with E-state index in [9.17, 15) is 14.0 Å². The third-order valence-electron chi connectivity index (χ3n) is 3.71. The number of halogens is 1. The van der Waals surface area contributed by atoms with E-state index in [0.717, 1.165) is 0 Å².